The molecule has 0 aliphatic carbocycles. The van der Waals surface area contributed by atoms with Crippen molar-refractivity contribution in [3.8, 4) is 0 Å². The fourth-order valence-electron chi connectivity index (χ4n) is 4.15. The van der Waals surface area contributed by atoms with Crippen molar-refractivity contribution >= 4 is 39.4 Å². The molecule has 2 aromatic carbocycles. The maximum absolute atomic E-state index is 6.48. The lowest BCUT2D eigenvalue weighted by atomic mass is 10.1. The van der Waals surface area contributed by atoms with Gasteiger partial charge >= 0.3 is 0 Å². The second-order valence-electron chi connectivity index (χ2n) is 7.49. The minimum absolute atomic E-state index is 0.471. The van der Waals surface area contributed by atoms with E-state index in [1.807, 2.05) is 30.6 Å². The summed E-state index contributed by atoms with van der Waals surface area (Å²) < 4.78 is 2.15. The van der Waals surface area contributed by atoms with E-state index in [1.165, 1.54) is 24.0 Å². The third kappa shape index (κ3) is 3.11. The largest absolute Gasteiger partial charge is 0.382 e. The standard InChI is InChI=1S/C22H22ClN5/c23-18-8-7-15(11-16(18)13-27-9-3-4-10-27)12-28-14-25-20-21(28)17-5-1-2-6-19(17)26-22(20)24/h1-2,5-8,11,14H,3-4,9-10,12-13H2,(H2,24,26). The Balaban J connectivity index is 1.53. The van der Waals surface area contributed by atoms with Crippen LogP contribution in [0.15, 0.2) is 48.8 Å². The van der Waals surface area contributed by atoms with Crippen LogP contribution in [0.3, 0.4) is 0 Å². The van der Waals surface area contributed by atoms with E-state index in [0.29, 0.717) is 12.4 Å². The molecule has 2 N–H and O–H groups in total. The predicted octanol–water partition coefficient (Wildman–Crippen LogP) is 4.46. The molecule has 0 radical (unpaired) electrons. The average Bonchev–Trinajstić information content (AvgIpc) is 3.35. The summed E-state index contributed by atoms with van der Waals surface area (Å²) in [5.41, 5.74) is 11.2. The van der Waals surface area contributed by atoms with E-state index in [4.69, 9.17) is 17.3 Å². The van der Waals surface area contributed by atoms with Crippen LogP contribution < -0.4 is 5.73 Å². The zero-order valence-corrected chi connectivity index (χ0v) is 16.4. The molecular formula is C22H22ClN5. The summed E-state index contributed by atoms with van der Waals surface area (Å²) in [4.78, 5) is 11.5. The highest BCUT2D eigenvalue weighted by Gasteiger charge is 2.15. The number of hydrogen-bond donors (Lipinski definition) is 1. The van der Waals surface area contributed by atoms with Crippen molar-refractivity contribution in [3.05, 3.63) is 64.9 Å². The first kappa shape index (κ1) is 17.5. The summed E-state index contributed by atoms with van der Waals surface area (Å²) in [6.07, 6.45) is 4.41. The lowest BCUT2D eigenvalue weighted by Crippen LogP contribution is -2.18. The molecule has 1 saturated heterocycles. The molecule has 5 rings (SSSR count). The molecular weight excluding hydrogens is 370 g/mol. The highest BCUT2D eigenvalue weighted by atomic mass is 35.5. The van der Waals surface area contributed by atoms with E-state index in [9.17, 15) is 0 Å². The average molecular weight is 392 g/mol. The van der Waals surface area contributed by atoms with E-state index in [-0.39, 0.29) is 0 Å². The van der Waals surface area contributed by atoms with E-state index in [1.54, 1.807) is 0 Å². The number of benzene rings is 2. The minimum atomic E-state index is 0.471. The molecule has 142 valence electrons. The van der Waals surface area contributed by atoms with Gasteiger partial charge < -0.3 is 10.3 Å². The molecule has 1 aliphatic rings. The van der Waals surface area contributed by atoms with Crippen molar-refractivity contribution in [2.75, 3.05) is 18.8 Å². The predicted molar refractivity (Wildman–Crippen MR) is 115 cm³/mol. The summed E-state index contributed by atoms with van der Waals surface area (Å²) in [6.45, 7) is 3.95. The van der Waals surface area contributed by atoms with E-state index in [2.05, 4.69) is 37.6 Å². The van der Waals surface area contributed by atoms with Crippen molar-refractivity contribution in [2.24, 2.45) is 0 Å². The molecule has 0 saturated carbocycles. The van der Waals surface area contributed by atoms with Gasteiger partial charge in [-0.1, -0.05) is 41.9 Å². The van der Waals surface area contributed by atoms with E-state index < -0.39 is 0 Å². The van der Waals surface area contributed by atoms with Gasteiger partial charge in [-0.3, -0.25) is 4.90 Å². The third-order valence-electron chi connectivity index (χ3n) is 5.54. The topological polar surface area (TPSA) is 60.0 Å². The molecule has 1 fully saturated rings. The Labute approximate surface area is 168 Å². The Bertz CT molecular complexity index is 1160. The lowest BCUT2D eigenvalue weighted by molar-refractivity contribution is 0.331. The van der Waals surface area contributed by atoms with Crippen LogP contribution in [0.1, 0.15) is 24.0 Å². The summed E-state index contributed by atoms with van der Waals surface area (Å²) in [7, 11) is 0. The molecule has 2 aromatic heterocycles. The maximum atomic E-state index is 6.48. The number of likely N-dealkylation sites (tertiary alicyclic amines) is 1. The molecule has 28 heavy (non-hydrogen) atoms. The molecule has 6 heteroatoms. The second kappa shape index (κ2) is 7.08. The minimum Gasteiger partial charge on any atom is -0.382 e. The first-order valence-electron chi connectivity index (χ1n) is 9.68. The highest BCUT2D eigenvalue weighted by Crippen LogP contribution is 2.28. The van der Waals surface area contributed by atoms with Crippen LogP contribution in [-0.2, 0) is 13.1 Å². The summed E-state index contributed by atoms with van der Waals surface area (Å²) in [5.74, 6) is 0.471. The number of nitrogens with zero attached hydrogens (tertiary/aromatic N) is 4. The zero-order valence-electron chi connectivity index (χ0n) is 15.6. The first-order chi connectivity index (χ1) is 13.7. The number of fused-ring (bicyclic) bond motifs is 3. The van der Waals surface area contributed by atoms with Gasteiger partial charge in [0.1, 0.15) is 5.52 Å². The number of nitrogen functional groups attached to an aromatic ring is 1. The molecule has 1 aliphatic heterocycles. The number of anilines is 1. The Hall–Kier alpha value is -2.63. The van der Waals surface area contributed by atoms with Crippen LogP contribution in [0.25, 0.3) is 21.9 Å². The van der Waals surface area contributed by atoms with Crippen molar-refractivity contribution < 1.29 is 0 Å². The van der Waals surface area contributed by atoms with Crippen LogP contribution in [0.5, 0.6) is 0 Å². The SMILES string of the molecule is Nc1nc2ccccc2c2c1ncn2Cc1ccc(Cl)c(CN2CCCC2)c1. The molecule has 0 atom stereocenters. The van der Waals surface area contributed by atoms with Gasteiger partial charge in [-0.15, -0.1) is 0 Å². The van der Waals surface area contributed by atoms with Gasteiger partial charge in [-0.25, -0.2) is 9.97 Å². The number of aromatic nitrogens is 3. The maximum Gasteiger partial charge on any atom is 0.152 e. The Morgan fingerprint density at radius 1 is 1.04 bits per heavy atom. The fraction of sp³-hybridized carbons (Fsp3) is 0.273. The monoisotopic (exact) mass is 391 g/mol. The zero-order chi connectivity index (χ0) is 19.1. The highest BCUT2D eigenvalue weighted by molar-refractivity contribution is 6.31. The molecule has 0 spiro atoms. The number of pyridine rings is 1. The van der Waals surface area contributed by atoms with Gasteiger partial charge in [0.2, 0.25) is 0 Å². The van der Waals surface area contributed by atoms with Crippen LogP contribution >= 0.6 is 11.6 Å². The summed E-state index contributed by atoms with van der Waals surface area (Å²) >= 11 is 6.48. The van der Waals surface area contributed by atoms with Crippen LogP contribution in [0.4, 0.5) is 5.82 Å². The molecule has 0 amide bonds. The molecule has 3 heterocycles. The van der Waals surface area contributed by atoms with Gasteiger partial charge in [0.15, 0.2) is 5.82 Å². The molecule has 4 aromatic rings. The number of nitrogens with two attached hydrogens (primary N) is 1. The van der Waals surface area contributed by atoms with Gasteiger partial charge in [0.05, 0.1) is 17.4 Å². The molecule has 0 unspecified atom stereocenters. The Morgan fingerprint density at radius 2 is 1.86 bits per heavy atom. The van der Waals surface area contributed by atoms with Gasteiger partial charge in [0, 0.05) is 23.5 Å². The summed E-state index contributed by atoms with van der Waals surface area (Å²) in [6, 6.07) is 14.4. The summed E-state index contributed by atoms with van der Waals surface area (Å²) in [5, 5.41) is 1.90. The lowest BCUT2D eigenvalue weighted by Gasteiger charge is -2.17. The van der Waals surface area contributed by atoms with E-state index >= 15 is 0 Å². The van der Waals surface area contributed by atoms with E-state index in [0.717, 1.165) is 46.6 Å². The Morgan fingerprint density at radius 3 is 2.71 bits per heavy atom. The normalized spacial score (nSPS) is 15.0. The number of hydrogen-bond acceptors (Lipinski definition) is 4. The van der Waals surface area contributed by atoms with Gasteiger partial charge in [0.25, 0.3) is 0 Å². The molecule has 0 bridgehead atoms. The van der Waals surface area contributed by atoms with Crippen LogP contribution in [0, 0.1) is 0 Å². The number of para-hydroxylation sites is 1. The van der Waals surface area contributed by atoms with Crippen molar-refractivity contribution in [2.45, 2.75) is 25.9 Å². The van der Waals surface area contributed by atoms with Crippen LogP contribution in [0.2, 0.25) is 5.02 Å². The second-order valence-corrected chi connectivity index (χ2v) is 7.90. The van der Waals surface area contributed by atoms with Crippen molar-refractivity contribution in [3.63, 3.8) is 0 Å². The Kier molecular flexibility index (Phi) is 4.41. The van der Waals surface area contributed by atoms with Crippen LogP contribution in [-0.4, -0.2) is 32.5 Å². The van der Waals surface area contributed by atoms with Gasteiger partial charge in [-0.2, -0.15) is 0 Å². The number of halogens is 1. The quantitative estimate of drug-likeness (QED) is 0.557. The molecule has 5 nitrogen and oxygen atoms in total. The van der Waals surface area contributed by atoms with Crippen molar-refractivity contribution in [1.29, 1.82) is 0 Å². The van der Waals surface area contributed by atoms with Crippen molar-refractivity contribution in [1.82, 2.24) is 19.4 Å². The third-order valence-corrected chi connectivity index (χ3v) is 5.90. The number of imidazole rings is 1. The van der Waals surface area contributed by atoms with Gasteiger partial charge in [-0.05, 0) is 49.2 Å². The smallest absolute Gasteiger partial charge is 0.152 e. The number of rotatable bonds is 4. The fourth-order valence-corrected chi connectivity index (χ4v) is 4.33. The first-order valence-corrected chi connectivity index (χ1v) is 10.1.